The maximum atomic E-state index is 12.2. The Bertz CT molecular complexity index is 1020. The first-order chi connectivity index (χ1) is 13.7. The van der Waals surface area contributed by atoms with Crippen molar-refractivity contribution in [1.29, 1.82) is 0 Å². The van der Waals surface area contributed by atoms with E-state index < -0.39 is 11.8 Å². The third-order valence-corrected chi connectivity index (χ3v) is 4.74. The molecule has 0 spiro atoms. The molecule has 7 nitrogen and oxygen atoms in total. The molecule has 4 aromatic rings. The molecule has 138 valence electrons. The van der Waals surface area contributed by atoms with E-state index in [4.69, 9.17) is 4.52 Å². The summed E-state index contributed by atoms with van der Waals surface area (Å²) in [6, 6.07) is 20.3. The van der Waals surface area contributed by atoms with Gasteiger partial charge < -0.3 is 4.52 Å². The number of rotatable bonds is 4. The highest BCUT2D eigenvalue weighted by molar-refractivity contribution is 7.13. The van der Waals surface area contributed by atoms with Crippen LogP contribution in [0.4, 0.5) is 0 Å². The summed E-state index contributed by atoms with van der Waals surface area (Å²) in [5, 5.41) is 6.09. The summed E-state index contributed by atoms with van der Waals surface area (Å²) >= 11 is 1.35. The Morgan fingerprint density at radius 3 is 2.11 bits per heavy atom. The van der Waals surface area contributed by atoms with Gasteiger partial charge in [0, 0.05) is 22.6 Å². The van der Waals surface area contributed by atoms with Crippen molar-refractivity contribution in [2.24, 2.45) is 0 Å². The molecule has 0 bridgehead atoms. The van der Waals surface area contributed by atoms with Crippen molar-refractivity contribution < 1.29 is 14.1 Å². The molecule has 0 unspecified atom stereocenters. The zero-order chi connectivity index (χ0) is 19.3. The van der Waals surface area contributed by atoms with Crippen LogP contribution in [-0.4, -0.2) is 22.0 Å². The fraction of sp³-hybridized carbons (Fsp3) is 0. The number of hydrogen-bond acceptors (Lipinski definition) is 6. The van der Waals surface area contributed by atoms with E-state index in [1.807, 2.05) is 60.7 Å². The van der Waals surface area contributed by atoms with E-state index in [-0.39, 0.29) is 11.4 Å². The lowest BCUT2D eigenvalue weighted by Crippen LogP contribution is -2.41. The Kier molecular flexibility index (Phi) is 4.94. The number of nitrogens with zero attached hydrogens (tertiary/aromatic N) is 2. The first-order valence-electron chi connectivity index (χ1n) is 8.34. The van der Waals surface area contributed by atoms with Crippen LogP contribution in [0, 0.1) is 0 Å². The molecule has 0 saturated heterocycles. The van der Waals surface area contributed by atoms with Gasteiger partial charge in [0.1, 0.15) is 10.7 Å². The lowest BCUT2D eigenvalue weighted by molar-refractivity contribution is 0.0839. The number of hydrazine groups is 1. The Morgan fingerprint density at radius 1 is 0.821 bits per heavy atom. The summed E-state index contributed by atoms with van der Waals surface area (Å²) in [7, 11) is 0. The first kappa shape index (κ1) is 17.6. The average Bonchev–Trinajstić information content (AvgIpc) is 3.43. The minimum absolute atomic E-state index is 0.0578. The largest absolute Gasteiger partial charge is 0.355 e. The Balaban J connectivity index is 1.38. The van der Waals surface area contributed by atoms with E-state index in [0.29, 0.717) is 5.76 Å². The van der Waals surface area contributed by atoms with Gasteiger partial charge in [-0.25, -0.2) is 4.98 Å². The molecular formula is C20H14N4O3S. The lowest BCUT2D eigenvalue weighted by atomic mass is 10.1. The average molecular weight is 390 g/mol. The molecule has 0 fully saturated rings. The molecule has 0 aliphatic carbocycles. The number of thiazole rings is 1. The monoisotopic (exact) mass is 390 g/mol. The Hall–Kier alpha value is -3.78. The molecule has 8 heteroatoms. The van der Waals surface area contributed by atoms with Crippen molar-refractivity contribution in [1.82, 2.24) is 21.0 Å². The highest BCUT2D eigenvalue weighted by atomic mass is 32.1. The first-order valence-corrected chi connectivity index (χ1v) is 9.22. The highest BCUT2D eigenvalue weighted by Crippen LogP contribution is 2.23. The molecule has 0 saturated carbocycles. The summed E-state index contributed by atoms with van der Waals surface area (Å²) in [6.07, 6.45) is 0. The normalized spacial score (nSPS) is 10.4. The molecule has 2 aromatic heterocycles. The fourth-order valence-corrected chi connectivity index (χ4v) is 3.26. The highest BCUT2D eigenvalue weighted by Gasteiger charge is 2.16. The van der Waals surface area contributed by atoms with Gasteiger partial charge in [-0.3, -0.25) is 20.4 Å². The maximum Gasteiger partial charge on any atom is 0.291 e. The number of carbonyl (C=O) groups is 2. The van der Waals surface area contributed by atoms with Crippen molar-refractivity contribution in [3.8, 4) is 21.9 Å². The zero-order valence-electron chi connectivity index (χ0n) is 14.5. The number of nitrogens with one attached hydrogen (secondary N) is 2. The summed E-state index contributed by atoms with van der Waals surface area (Å²) in [5.74, 6) is -0.638. The van der Waals surface area contributed by atoms with Crippen molar-refractivity contribution in [2.75, 3.05) is 0 Å². The summed E-state index contributed by atoms with van der Waals surface area (Å²) < 4.78 is 5.18. The van der Waals surface area contributed by atoms with Crippen LogP contribution < -0.4 is 10.9 Å². The zero-order valence-corrected chi connectivity index (χ0v) is 15.3. The molecule has 0 radical (unpaired) electrons. The molecule has 2 N–H and O–H groups in total. The van der Waals surface area contributed by atoms with Crippen LogP contribution in [0.3, 0.4) is 0 Å². The van der Waals surface area contributed by atoms with Gasteiger partial charge in [-0.15, -0.1) is 11.3 Å². The van der Waals surface area contributed by atoms with Crippen LogP contribution in [0.1, 0.15) is 21.0 Å². The van der Waals surface area contributed by atoms with Crippen molar-refractivity contribution in [3.05, 3.63) is 83.5 Å². The molecule has 0 aliphatic rings. The molecule has 0 atom stereocenters. The smallest absolute Gasteiger partial charge is 0.291 e. The van der Waals surface area contributed by atoms with Gasteiger partial charge in [-0.1, -0.05) is 65.8 Å². The summed E-state index contributed by atoms with van der Waals surface area (Å²) in [6.45, 7) is 0. The number of benzene rings is 2. The standard InChI is InChI=1S/C20H14N4O3S/c25-18(15-11-17(27-24-15)13-7-3-1-4-8-13)22-23-19(26)16-12-28-20(21-16)14-9-5-2-6-10-14/h1-12H,(H,22,25)(H,23,26). The van der Waals surface area contributed by atoms with Crippen LogP contribution >= 0.6 is 11.3 Å². The van der Waals surface area contributed by atoms with Gasteiger partial charge in [0.2, 0.25) is 0 Å². The number of carbonyl (C=O) groups excluding carboxylic acids is 2. The number of amides is 2. The molecule has 4 rings (SSSR count). The second kappa shape index (κ2) is 7.85. The number of aromatic nitrogens is 2. The molecule has 2 aromatic carbocycles. The van der Waals surface area contributed by atoms with Gasteiger partial charge in [0.25, 0.3) is 11.8 Å². The van der Waals surface area contributed by atoms with E-state index in [1.54, 1.807) is 5.38 Å². The third kappa shape index (κ3) is 3.81. The van der Waals surface area contributed by atoms with E-state index in [1.165, 1.54) is 17.4 Å². The van der Waals surface area contributed by atoms with Crippen LogP contribution in [0.2, 0.25) is 0 Å². The topological polar surface area (TPSA) is 97.1 Å². The molecule has 28 heavy (non-hydrogen) atoms. The van der Waals surface area contributed by atoms with Gasteiger partial charge in [-0.2, -0.15) is 0 Å². The SMILES string of the molecule is O=C(NNC(=O)c1csc(-c2ccccc2)n1)c1cc(-c2ccccc2)on1. The van der Waals surface area contributed by atoms with Crippen LogP contribution in [0.15, 0.2) is 76.6 Å². The van der Waals surface area contributed by atoms with Crippen LogP contribution in [-0.2, 0) is 0 Å². The minimum atomic E-state index is -0.585. The second-order valence-electron chi connectivity index (χ2n) is 5.75. The Morgan fingerprint density at radius 2 is 1.43 bits per heavy atom. The number of hydrogen-bond donors (Lipinski definition) is 2. The summed E-state index contributed by atoms with van der Waals surface area (Å²) in [4.78, 5) is 28.7. The van der Waals surface area contributed by atoms with E-state index in [0.717, 1.165) is 16.1 Å². The van der Waals surface area contributed by atoms with E-state index in [2.05, 4.69) is 21.0 Å². The molecule has 2 heterocycles. The van der Waals surface area contributed by atoms with Crippen molar-refractivity contribution in [2.45, 2.75) is 0 Å². The lowest BCUT2D eigenvalue weighted by Gasteiger charge is -2.03. The summed E-state index contributed by atoms with van der Waals surface area (Å²) in [5.41, 5.74) is 6.65. The van der Waals surface area contributed by atoms with Crippen LogP contribution in [0.5, 0.6) is 0 Å². The van der Waals surface area contributed by atoms with E-state index in [9.17, 15) is 9.59 Å². The van der Waals surface area contributed by atoms with Gasteiger partial charge in [0.15, 0.2) is 11.5 Å². The van der Waals surface area contributed by atoms with Crippen molar-refractivity contribution >= 4 is 23.2 Å². The van der Waals surface area contributed by atoms with Gasteiger partial charge in [0.05, 0.1) is 0 Å². The molecule has 2 amide bonds. The Labute approximate surface area is 164 Å². The molecule has 0 aliphatic heterocycles. The second-order valence-corrected chi connectivity index (χ2v) is 6.61. The predicted molar refractivity (Wildman–Crippen MR) is 104 cm³/mol. The third-order valence-electron chi connectivity index (χ3n) is 3.85. The van der Waals surface area contributed by atoms with E-state index >= 15 is 0 Å². The minimum Gasteiger partial charge on any atom is -0.355 e. The quantitative estimate of drug-likeness (QED) is 0.520. The predicted octanol–water partition coefficient (Wildman–Crippen LogP) is 3.54. The van der Waals surface area contributed by atoms with Gasteiger partial charge >= 0.3 is 0 Å². The van der Waals surface area contributed by atoms with Crippen molar-refractivity contribution in [3.63, 3.8) is 0 Å². The van der Waals surface area contributed by atoms with Gasteiger partial charge in [-0.05, 0) is 0 Å². The van der Waals surface area contributed by atoms with Crippen LogP contribution in [0.25, 0.3) is 21.9 Å². The fourth-order valence-electron chi connectivity index (χ4n) is 2.45. The maximum absolute atomic E-state index is 12.2. The molecular weight excluding hydrogens is 376 g/mol.